The number of carbonyl (C=O) groups is 2. The molecule has 1 aliphatic rings. The Hall–Kier alpha value is -2.41. The number of carbonyl (C=O) groups excluding carboxylic acids is 2. The Morgan fingerprint density at radius 3 is 2.78 bits per heavy atom. The fourth-order valence-electron chi connectivity index (χ4n) is 2.27. The first kappa shape index (κ1) is 15.5. The number of fused-ring (bicyclic) bond motifs is 1. The van der Waals surface area contributed by atoms with Gasteiger partial charge in [0.25, 0.3) is 5.56 Å². The predicted molar refractivity (Wildman–Crippen MR) is 84.9 cm³/mol. The first-order chi connectivity index (χ1) is 11.1. The second-order valence-electron chi connectivity index (χ2n) is 5.04. The van der Waals surface area contributed by atoms with Crippen LogP contribution in [0.5, 0.6) is 0 Å². The van der Waals surface area contributed by atoms with E-state index < -0.39 is 17.6 Å². The summed E-state index contributed by atoms with van der Waals surface area (Å²) in [5.41, 5.74) is -0.124. The SMILES string of the molecule is CC(OC(=O)c1cnc2n(c1=O)CCS2)C(=O)c1ccccc1. The first-order valence-corrected chi connectivity index (χ1v) is 8.09. The molecular weight excluding hydrogens is 316 g/mol. The van der Waals surface area contributed by atoms with Crippen LogP contribution in [0.25, 0.3) is 0 Å². The molecule has 0 bridgehead atoms. The number of rotatable bonds is 4. The van der Waals surface area contributed by atoms with Crippen molar-refractivity contribution in [3.63, 3.8) is 0 Å². The van der Waals surface area contributed by atoms with Crippen molar-refractivity contribution in [3.05, 3.63) is 58.0 Å². The van der Waals surface area contributed by atoms with Crippen LogP contribution in [0, 0.1) is 0 Å². The third-order valence-electron chi connectivity index (χ3n) is 3.49. The molecule has 1 aromatic heterocycles. The van der Waals surface area contributed by atoms with Gasteiger partial charge in [0.1, 0.15) is 5.56 Å². The van der Waals surface area contributed by atoms with Gasteiger partial charge in [-0.15, -0.1) is 0 Å². The van der Waals surface area contributed by atoms with Crippen LogP contribution in [0.3, 0.4) is 0 Å². The summed E-state index contributed by atoms with van der Waals surface area (Å²) in [4.78, 5) is 40.7. The van der Waals surface area contributed by atoms with Crippen molar-refractivity contribution in [1.82, 2.24) is 9.55 Å². The van der Waals surface area contributed by atoms with Crippen LogP contribution in [0.4, 0.5) is 0 Å². The van der Waals surface area contributed by atoms with Crippen LogP contribution in [-0.4, -0.2) is 33.2 Å². The Kier molecular flexibility index (Phi) is 4.29. The molecule has 7 heteroatoms. The van der Waals surface area contributed by atoms with Crippen LogP contribution in [0.2, 0.25) is 0 Å². The standard InChI is InChI=1S/C16H14N2O4S/c1-10(13(19)11-5-3-2-4-6-11)22-15(21)12-9-17-16-18(14(12)20)7-8-23-16/h2-6,9-10H,7-8H2,1H3. The van der Waals surface area contributed by atoms with Crippen LogP contribution in [0.1, 0.15) is 27.6 Å². The van der Waals surface area contributed by atoms with Gasteiger partial charge in [0.05, 0.1) is 6.20 Å². The van der Waals surface area contributed by atoms with E-state index in [1.54, 1.807) is 30.3 Å². The number of ketones is 1. The van der Waals surface area contributed by atoms with Gasteiger partial charge in [0.15, 0.2) is 11.3 Å². The summed E-state index contributed by atoms with van der Waals surface area (Å²) in [5.74, 6) is -0.390. The highest BCUT2D eigenvalue weighted by Crippen LogP contribution is 2.20. The fraction of sp³-hybridized carbons (Fsp3) is 0.250. The molecule has 0 amide bonds. The molecule has 0 saturated carbocycles. The van der Waals surface area contributed by atoms with Gasteiger partial charge < -0.3 is 4.74 Å². The smallest absolute Gasteiger partial charge is 0.346 e. The Morgan fingerprint density at radius 1 is 1.30 bits per heavy atom. The number of aromatic nitrogens is 2. The van der Waals surface area contributed by atoms with Gasteiger partial charge in [-0.25, -0.2) is 9.78 Å². The molecule has 1 unspecified atom stereocenters. The molecule has 2 aromatic rings. The van der Waals surface area contributed by atoms with E-state index in [1.165, 1.54) is 29.4 Å². The molecule has 2 heterocycles. The minimum Gasteiger partial charge on any atom is -0.450 e. The topological polar surface area (TPSA) is 78.3 Å². The van der Waals surface area contributed by atoms with Crippen molar-refractivity contribution in [2.75, 3.05) is 5.75 Å². The van der Waals surface area contributed by atoms with E-state index in [4.69, 9.17) is 4.74 Å². The van der Waals surface area contributed by atoms with Gasteiger partial charge in [-0.1, -0.05) is 42.1 Å². The van der Waals surface area contributed by atoms with Gasteiger partial charge in [0, 0.05) is 17.9 Å². The Morgan fingerprint density at radius 2 is 2.04 bits per heavy atom. The molecule has 1 aromatic carbocycles. The van der Waals surface area contributed by atoms with Crippen molar-refractivity contribution in [3.8, 4) is 0 Å². The molecule has 3 rings (SSSR count). The van der Waals surface area contributed by atoms with Gasteiger partial charge in [-0.2, -0.15) is 0 Å². The molecule has 23 heavy (non-hydrogen) atoms. The van der Waals surface area contributed by atoms with Gasteiger partial charge in [-0.3, -0.25) is 14.2 Å². The number of ether oxygens (including phenoxy) is 1. The maximum absolute atomic E-state index is 12.2. The van der Waals surface area contributed by atoms with Crippen molar-refractivity contribution < 1.29 is 14.3 Å². The summed E-state index contributed by atoms with van der Waals surface area (Å²) in [6, 6.07) is 8.56. The number of hydrogen-bond acceptors (Lipinski definition) is 6. The molecule has 0 N–H and O–H groups in total. The highest BCUT2D eigenvalue weighted by Gasteiger charge is 2.24. The summed E-state index contributed by atoms with van der Waals surface area (Å²) >= 11 is 1.46. The minimum atomic E-state index is -0.975. The molecule has 118 valence electrons. The van der Waals surface area contributed by atoms with E-state index in [-0.39, 0.29) is 11.3 Å². The molecular formula is C16H14N2O4S. The third kappa shape index (κ3) is 3.05. The quantitative estimate of drug-likeness (QED) is 0.483. The zero-order valence-electron chi connectivity index (χ0n) is 12.4. The molecule has 0 spiro atoms. The van der Waals surface area contributed by atoms with Crippen LogP contribution >= 0.6 is 11.8 Å². The fourth-order valence-corrected chi connectivity index (χ4v) is 3.19. The lowest BCUT2D eigenvalue weighted by molar-refractivity contribution is 0.0315. The highest BCUT2D eigenvalue weighted by molar-refractivity contribution is 7.99. The maximum Gasteiger partial charge on any atom is 0.346 e. The number of nitrogens with zero attached hydrogens (tertiary/aromatic N) is 2. The Labute approximate surface area is 136 Å². The number of thioether (sulfide) groups is 1. The van der Waals surface area contributed by atoms with Gasteiger partial charge in [0.2, 0.25) is 5.78 Å². The summed E-state index contributed by atoms with van der Waals surface area (Å²) in [5, 5.41) is 0.597. The van der Waals surface area contributed by atoms with Crippen LogP contribution in [0.15, 0.2) is 46.5 Å². The number of hydrogen-bond donors (Lipinski definition) is 0. The normalized spacial score (nSPS) is 14.1. The largest absolute Gasteiger partial charge is 0.450 e. The first-order valence-electron chi connectivity index (χ1n) is 7.11. The lowest BCUT2D eigenvalue weighted by Crippen LogP contribution is -2.31. The van der Waals surface area contributed by atoms with E-state index in [0.717, 1.165) is 5.75 Å². The molecule has 0 fully saturated rings. The molecule has 0 radical (unpaired) electrons. The third-order valence-corrected chi connectivity index (χ3v) is 4.46. The Balaban J connectivity index is 1.77. The second-order valence-corrected chi connectivity index (χ2v) is 6.10. The minimum absolute atomic E-state index is 0.149. The molecule has 1 atom stereocenters. The maximum atomic E-state index is 12.2. The van der Waals surface area contributed by atoms with Gasteiger partial charge >= 0.3 is 5.97 Å². The van der Waals surface area contributed by atoms with Crippen LogP contribution in [-0.2, 0) is 11.3 Å². The molecule has 0 saturated heterocycles. The summed E-state index contributed by atoms with van der Waals surface area (Å²) < 4.78 is 6.59. The second kappa shape index (κ2) is 6.37. The van der Waals surface area contributed by atoms with E-state index in [0.29, 0.717) is 17.3 Å². The zero-order chi connectivity index (χ0) is 16.4. The lowest BCUT2D eigenvalue weighted by Gasteiger charge is -2.12. The van der Waals surface area contributed by atoms with Gasteiger partial charge in [-0.05, 0) is 6.92 Å². The lowest BCUT2D eigenvalue weighted by atomic mass is 10.1. The number of Topliss-reactive ketones (excluding diaryl/α,β-unsaturated/α-hetero) is 1. The Bertz CT molecular complexity index is 817. The monoisotopic (exact) mass is 330 g/mol. The van der Waals surface area contributed by atoms with E-state index in [9.17, 15) is 14.4 Å². The van der Waals surface area contributed by atoms with Crippen molar-refractivity contribution in [2.24, 2.45) is 0 Å². The summed E-state index contributed by atoms with van der Waals surface area (Å²) in [6.07, 6.45) is 0.242. The van der Waals surface area contributed by atoms with Crippen LogP contribution < -0.4 is 5.56 Å². The summed E-state index contributed by atoms with van der Waals surface area (Å²) in [7, 11) is 0. The van der Waals surface area contributed by atoms with E-state index in [2.05, 4.69) is 4.98 Å². The average molecular weight is 330 g/mol. The van der Waals surface area contributed by atoms with E-state index >= 15 is 0 Å². The molecule has 1 aliphatic heterocycles. The molecule has 0 aliphatic carbocycles. The van der Waals surface area contributed by atoms with Crippen molar-refractivity contribution in [2.45, 2.75) is 24.7 Å². The summed E-state index contributed by atoms with van der Waals surface area (Å²) in [6.45, 7) is 2.01. The average Bonchev–Trinajstić information content (AvgIpc) is 3.04. The zero-order valence-corrected chi connectivity index (χ0v) is 13.2. The van der Waals surface area contributed by atoms with Crippen molar-refractivity contribution >= 4 is 23.5 Å². The highest BCUT2D eigenvalue weighted by atomic mass is 32.2. The molecule has 6 nitrogen and oxygen atoms in total. The van der Waals surface area contributed by atoms with Crippen molar-refractivity contribution in [1.29, 1.82) is 0 Å². The predicted octanol–water partition coefficient (Wildman–Crippen LogP) is 1.78. The number of benzene rings is 1. The number of esters is 1. The van der Waals surface area contributed by atoms with E-state index in [1.807, 2.05) is 0 Å².